The van der Waals surface area contributed by atoms with Gasteiger partial charge in [-0.25, -0.2) is 0 Å². The first kappa shape index (κ1) is 19.4. The number of nitrogens with one attached hydrogen (secondary N) is 1. The smallest absolute Gasteiger partial charge is 0.227 e. The molecule has 4 rings (SSSR count). The number of carbonyl (C=O) groups excluding carboxylic acids is 3. The number of Topliss-reactive ketones (excluding diaryl/α,β-unsaturated/α-hetero) is 1. The normalized spacial score (nSPS) is 15.9. The molecule has 2 aromatic rings. The minimum atomic E-state index is -0.193. The third-order valence-corrected chi connectivity index (χ3v) is 5.76. The van der Waals surface area contributed by atoms with Crippen LogP contribution in [0.5, 0.6) is 0 Å². The van der Waals surface area contributed by atoms with Crippen LogP contribution in [-0.4, -0.2) is 24.1 Å². The number of rotatable bonds is 6. The molecule has 2 aromatic carbocycles. The average molecular weight is 390 g/mol. The summed E-state index contributed by atoms with van der Waals surface area (Å²) < 4.78 is 0. The van der Waals surface area contributed by atoms with Gasteiger partial charge in [0.15, 0.2) is 5.78 Å². The number of hydrogen-bond donors (Lipinski definition) is 1. The molecule has 1 aliphatic carbocycles. The van der Waals surface area contributed by atoms with Crippen LogP contribution in [0.15, 0.2) is 42.5 Å². The molecule has 0 aromatic heterocycles. The van der Waals surface area contributed by atoms with Gasteiger partial charge in [0.2, 0.25) is 11.8 Å². The Bertz CT molecular complexity index is 951. The van der Waals surface area contributed by atoms with E-state index in [0.717, 1.165) is 24.9 Å². The Hall–Kier alpha value is -2.95. The Labute approximate surface area is 171 Å². The van der Waals surface area contributed by atoms with E-state index in [-0.39, 0.29) is 30.4 Å². The van der Waals surface area contributed by atoms with Crippen molar-refractivity contribution in [2.75, 3.05) is 16.8 Å². The van der Waals surface area contributed by atoms with Gasteiger partial charge in [-0.05, 0) is 67.5 Å². The number of ketones is 1. The number of nitrogens with zero attached hydrogens (tertiary/aromatic N) is 1. The summed E-state index contributed by atoms with van der Waals surface area (Å²) >= 11 is 0. The molecule has 0 spiro atoms. The Balaban J connectivity index is 1.33. The van der Waals surface area contributed by atoms with Crippen LogP contribution in [0.2, 0.25) is 0 Å². The van der Waals surface area contributed by atoms with Gasteiger partial charge in [0, 0.05) is 42.7 Å². The molecular formula is C24H26N2O3. The van der Waals surface area contributed by atoms with Crippen molar-refractivity contribution < 1.29 is 14.4 Å². The van der Waals surface area contributed by atoms with Crippen LogP contribution < -0.4 is 10.2 Å². The molecule has 5 heteroatoms. The molecule has 2 aliphatic rings. The zero-order valence-corrected chi connectivity index (χ0v) is 16.6. The summed E-state index contributed by atoms with van der Waals surface area (Å²) in [5.41, 5.74) is 4.78. The highest BCUT2D eigenvalue weighted by Gasteiger charge is 2.22. The van der Waals surface area contributed by atoms with Crippen molar-refractivity contribution in [1.29, 1.82) is 0 Å². The van der Waals surface area contributed by atoms with Gasteiger partial charge in [0.05, 0.1) is 0 Å². The van der Waals surface area contributed by atoms with Crippen molar-refractivity contribution in [3.05, 3.63) is 59.2 Å². The zero-order chi connectivity index (χ0) is 20.2. The SMILES string of the molecule is O=C(CCC(=O)c1ccc2c(c1)CCCC2)Nc1cccc(N2CCCC2=O)c1. The second kappa shape index (κ2) is 8.60. The van der Waals surface area contributed by atoms with Gasteiger partial charge in [0.1, 0.15) is 0 Å². The van der Waals surface area contributed by atoms with E-state index in [4.69, 9.17) is 0 Å². The van der Waals surface area contributed by atoms with Gasteiger partial charge in [-0.3, -0.25) is 14.4 Å². The first-order valence-corrected chi connectivity index (χ1v) is 10.5. The molecule has 0 bridgehead atoms. The predicted molar refractivity (Wildman–Crippen MR) is 113 cm³/mol. The van der Waals surface area contributed by atoms with Crippen LogP contribution in [0.1, 0.15) is 60.0 Å². The van der Waals surface area contributed by atoms with Crippen LogP contribution in [0.3, 0.4) is 0 Å². The van der Waals surface area contributed by atoms with Crippen LogP contribution >= 0.6 is 0 Å². The predicted octanol–water partition coefficient (Wildman–Crippen LogP) is 4.29. The quantitative estimate of drug-likeness (QED) is 0.748. The van der Waals surface area contributed by atoms with E-state index in [0.29, 0.717) is 24.2 Å². The van der Waals surface area contributed by atoms with Gasteiger partial charge in [-0.1, -0.05) is 18.2 Å². The van der Waals surface area contributed by atoms with Crippen LogP contribution in [0.4, 0.5) is 11.4 Å². The molecule has 0 unspecified atom stereocenters. The standard InChI is InChI=1S/C24H26N2O3/c27-22(19-11-10-17-5-1-2-6-18(17)15-19)12-13-23(28)25-20-7-3-8-21(16-20)26-14-4-9-24(26)29/h3,7-8,10-11,15-16H,1-2,4-6,9,12-14H2,(H,25,28). The largest absolute Gasteiger partial charge is 0.326 e. The number of aryl methyl sites for hydroxylation is 2. The van der Waals surface area contributed by atoms with E-state index in [2.05, 4.69) is 11.4 Å². The molecular weight excluding hydrogens is 364 g/mol. The first-order valence-electron chi connectivity index (χ1n) is 10.5. The van der Waals surface area contributed by atoms with Crippen molar-refractivity contribution in [2.45, 2.75) is 51.4 Å². The Morgan fingerprint density at radius 2 is 1.72 bits per heavy atom. The third-order valence-electron chi connectivity index (χ3n) is 5.76. The van der Waals surface area contributed by atoms with Crippen LogP contribution in [0.25, 0.3) is 0 Å². The summed E-state index contributed by atoms with van der Waals surface area (Å²) in [6.45, 7) is 0.714. The highest BCUT2D eigenvalue weighted by atomic mass is 16.2. The average Bonchev–Trinajstić information content (AvgIpc) is 3.17. The topological polar surface area (TPSA) is 66.5 Å². The highest BCUT2D eigenvalue weighted by Crippen LogP contribution is 2.25. The molecule has 0 radical (unpaired) electrons. The van der Waals surface area contributed by atoms with E-state index in [1.54, 1.807) is 11.0 Å². The zero-order valence-electron chi connectivity index (χ0n) is 16.6. The van der Waals surface area contributed by atoms with Crippen molar-refractivity contribution in [3.63, 3.8) is 0 Å². The van der Waals surface area contributed by atoms with Gasteiger partial charge >= 0.3 is 0 Å². The molecule has 5 nitrogen and oxygen atoms in total. The van der Waals surface area contributed by atoms with Gasteiger partial charge < -0.3 is 10.2 Å². The van der Waals surface area contributed by atoms with Crippen molar-refractivity contribution >= 4 is 29.0 Å². The Morgan fingerprint density at radius 3 is 2.52 bits per heavy atom. The van der Waals surface area contributed by atoms with Crippen LogP contribution in [0, 0.1) is 0 Å². The summed E-state index contributed by atoms with van der Waals surface area (Å²) in [4.78, 5) is 38.5. The maximum Gasteiger partial charge on any atom is 0.227 e. The first-order chi connectivity index (χ1) is 14.1. The highest BCUT2D eigenvalue weighted by molar-refractivity contribution is 6.01. The third kappa shape index (κ3) is 4.56. The van der Waals surface area contributed by atoms with Gasteiger partial charge in [-0.15, -0.1) is 0 Å². The second-order valence-electron chi connectivity index (χ2n) is 7.86. The molecule has 1 saturated heterocycles. The summed E-state index contributed by atoms with van der Waals surface area (Å²) in [7, 11) is 0. The summed E-state index contributed by atoms with van der Waals surface area (Å²) in [6, 6.07) is 13.3. The fraction of sp³-hybridized carbons (Fsp3) is 0.375. The summed E-state index contributed by atoms with van der Waals surface area (Å²) in [5, 5.41) is 2.85. The maximum absolute atomic E-state index is 12.5. The molecule has 2 amide bonds. The van der Waals surface area contributed by atoms with Gasteiger partial charge in [0.25, 0.3) is 0 Å². The fourth-order valence-corrected chi connectivity index (χ4v) is 4.17. The minimum Gasteiger partial charge on any atom is -0.326 e. The van der Waals surface area contributed by atoms with Crippen LogP contribution in [-0.2, 0) is 22.4 Å². The molecule has 1 N–H and O–H groups in total. The number of benzene rings is 2. The molecule has 0 saturated carbocycles. The summed E-state index contributed by atoms with van der Waals surface area (Å²) in [5.74, 6) is -0.0738. The number of fused-ring (bicyclic) bond motifs is 1. The van der Waals surface area contributed by atoms with Crippen molar-refractivity contribution in [2.24, 2.45) is 0 Å². The lowest BCUT2D eigenvalue weighted by molar-refractivity contribution is -0.117. The number of carbonyl (C=O) groups is 3. The Morgan fingerprint density at radius 1 is 0.897 bits per heavy atom. The maximum atomic E-state index is 12.5. The molecule has 150 valence electrons. The minimum absolute atomic E-state index is 0.00457. The molecule has 1 fully saturated rings. The lowest BCUT2D eigenvalue weighted by Gasteiger charge is -2.17. The molecule has 1 heterocycles. The fourth-order valence-electron chi connectivity index (χ4n) is 4.17. The van der Waals surface area contributed by atoms with Crippen molar-refractivity contribution in [1.82, 2.24) is 0 Å². The van der Waals surface area contributed by atoms with Gasteiger partial charge in [-0.2, -0.15) is 0 Å². The van der Waals surface area contributed by atoms with E-state index >= 15 is 0 Å². The second-order valence-corrected chi connectivity index (χ2v) is 7.86. The van der Waals surface area contributed by atoms with E-state index < -0.39 is 0 Å². The monoisotopic (exact) mass is 390 g/mol. The summed E-state index contributed by atoms with van der Waals surface area (Å²) in [6.07, 6.45) is 6.28. The van der Waals surface area contributed by atoms with E-state index in [1.807, 2.05) is 30.3 Å². The number of amides is 2. The lowest BCUT2D eigenvalue weighted by atomic mass is 9.89. The Kier molecular flexibility index (Phi) is 5.74. The van der Waals surface area contributed by atoms with Crippen molar-refractivity contribution in [3.8, 4) is 0 Å². The number of anilines is 2. The molecule has 0 atom stereocenters. The lowest BCUT2D eigenvalue weighted by Crippen LogP contribution is -2.23. The number of hydrogen-bond acceptors (Lipinski definition) is 3. The van der Waals surface area contributed by atoms with E-state index in [1.165, 1.54) is 24.0 Å². The van der Waals surface area contributed by atoms with E-state index in [9.17, 15) is 14.4 Å². The molecule has 1 aliphatic heterocycles. The molecule has 29 heavy (non-hydrogen) atoms.